The Morgan fingerprint density at radius 3 is 2.50 bits per heavy atom. The molecule has 0 fully saturated rings. The number of anilines is 1. The van der Waals surface area contributed by atoms with Gasteiger partial charge in [-0.05, 0) is 48.9 Å². The molecule has 0 amide bonds. The molecule has 0 radical (unpaired) electrons. The summed E-state index contributed by atoms with van der Waals surface area (Å²) in [7, 11) is -3.48. The fraction of sp³-hybridized carbons (Fsp3) is 0.143. The van der Waals surface area contributed by atoms with Crippen LogP contribution in [0.25, 0.3) is 16.1 Å². The van der Waals surface area contributed by atoms with Gasteiger partial charge in [0.25, 0.3) is 0 Å². The second-order valence-corrected chi connectivity index (χ2v) is 10.3. The molecule has 0 aliphatic heterocycles. The van der Waals surface area contributed by atoms with Gasteiger partial charge < -0.3 is 5.32 Å². The molecule has 2 N–H and O–H groups in total. The first-order valence-electron chi connectivity index (χ1n) is 9.02. The van der Waals surface area contributed by atoms with Gasteiger partial charge in [0.1, 0.15) is 5.71 Å². The van der Waals surface area contributed by atoms with Crippen LogP contribution in [0, 0.1) is 12.3 Å². The first-order chi connectivity index (χ1) is 14.9. The number of halogens is 4. The molecule has 11 heteroatoms. The van der Waals surface area contributed by atoms with Gasteiger partial charge in [-0.3, -0.25) is 5.41 Å². The molecular formula is C21H17ClF3N3O2S2. The number of aryl methyl sites for hydroxylation is 1. The summed E-state index contributed by atoms with van der Waals surface area (Å²) >= 11 is 7.30. The zero-order chi connectivity index (χ0) is 23.7. The van der Waals surface area contributed by atoms with E-state index >= 15 is 0 Å². The van der Waals surface area contributed by atoms with Crippen molar-refractivity contribution in [1.29, 1.82) is 5.41 Å². The number of alkyl halides is 3. The Kier molecular flexibility index (Phi) is 6.77. The number of benzene rings is 1. The van der Waals surface area contributed by atoms with E-state index in [0.29, 0.717) is 37.7 Å². The summed E-state index contributed by atoms with van der Waals surface area (Å²) < 4.78 is 62.6. The number of allylic oxidation sites excluding steroid dienone is 1. The predicted molar refractivity (Wildman–Crippen MR) is 122 cm³/mol. The number of rotatable bonds is 6. The third-order valence-electron chi connectivity index (χ3n) is 4.27. The fourth-order valence-electron chi connectivity index (χ4n) is 2.83. The number of sulfone groups is 1. The third kappa shape index (κ3) is 5.56. The molecule has 0 aliphatic carbocycles. The summed E-state index contributed by atoms with van der Waals surface area (Å²) in [4.78, 5) is 5.13. The van der Waals surface area contributed by atoms with Crippen molar-refractivity contribution in [2.75, 3.05) is 11.6 Å². The minimum Gasteiger partial charge on any atom is -0.353 e. The molecule has 32 heavy (non-hydrogen) atoms. The number of thiophene rings is 1. The van der Waals surface area contributed by atoms with E-state index in [1.165, 1.54) is 17.5 Å². The summed E-state index contributed by atoms with van der Waals surface area (Å²) in [5, 5.41) is 10.5. The van der Waals surface area contributed by atoms with Crippen LogP contribution in [0.5, 0.6) is 0 Å². The van der Waals surface area contributed by atoms with Gasteiger partial charge in [0.05, 0.1) is 21.3 Å². The number of pyridine rings is 1. The number of aromatic nitrogens is 1. The van der Waals surface area contributed by atoms with Gasteiger partial charge in [-0.1, -0.05) is 23.7 Å². The number of hydrogen-bond donors (Lipinski definition) is 2. The number of para-hydroxylation sites is 1. The molecule has 2 aromatic heterocycles. The minimum atomic E-state index is -4.81. The maximum Gasteiger partial charge on any atom is 0.432 e. The Morgan fingerprint density at radius 2 is 1.91 bits per heavy atom. The first-order valence-corrected chi connectivity index (χ1v) is 12.1. The van der Waals surface area contributed by atoms with Crippen LogP contribution in [0.15, 0.2) is 59.8 Å². The number of nitrogens with one attached hydrogen (secondary N) is 2. The Morgan fingerprint density at radius 1 is 1.22 bits per heavy atom. The van der Waals surface area contributed by atoms with Gasteiger partial charge in [-0.2, -0.15) is 13.2 Å². The van der Waals surface area contributed by atoms with E-state index < -0.39 is 21.7 Å². The SMILES string of the molecule is Cc1cc(-c2ccc(/C(=C/C(=N)C(F)(F)F)Nc3ccccc3Cl)s2)cnc1S(C)(=O)=O. The fourth-order valence-corrected chi connectivity index (χ4v) is 4.86. The van der Waals surface area contributed by atoms with Crippen molar-refractivity contribution in [3.05, 3.63) is 70.2 Å². The lowest BCUT2D eigenvalue weighted by Crippen LogP contribution is -2.20. The zero-order valence-electron chi connectivity index (χ0n) is 16.8. The number of nitrogens with zero attached hydrogens (tertiary/aromatic N) is 1. The lowest BCUT2D eigenvalue weighted by atomic mass is 10.2. The average Bonchev–Trinajstić information content (AvgIpc) is 3.17. The van der Waals surface area contributed by atoms with E-state index in [4.69, 9.17) is 17.0 Å². The highest BCUT2D eigenvalue weighted by atomic mass is 35.5. The monoisotopic (exact) mass is 499 g/mol. The van der Waals surface area contributed by atoms with Crippen molar-refractivity contribution in [1.82, 2.24) is 4.98 Å². The van der Waals surface area contributed by atoms with E-state index in [1.54, 1.807) is 49.4 Å². The summed E-state index contributed by atoms with van der Waals surface area (Å²) in [5.41, 5.74) is 0.00406. The molecule has 5 nitrogen and oxygen atoms in total. The first kappa shape index (κ1) is 24.0. The maximum absolute atomic E-state index is 13.0. The van der Waals surface area contributed by atoms with Gasteiger partial charge in [-0.15, -0.1) is 11.3 Å². The maximum atomic E-state index is 13.0. The van der Waals surface area contributed by atoms with E-state index in [2.05, 4.69) is 10.3 Å². The van der Waals surface area contributed by atoms with E-state index in [0.717, 1.165) is 6.26 Å². The largest absolute Gasteiger partial charge is 0.432 e. The molecular weight excluding hydrogens is 483 g/mol. The van der Waals surface area contributed by atoms with Crippen LogP contribution in [0.3, 0.4) is 0 Å². The summed E-state index contributed by atoms with van der Waals surface area (Å²) in [6.45, 7) is 1.62. The zero-order valence-corrected chi connectivity index (χ0v) is 19.2. The molecule has 0 bridgehead atoms. The molecule has 0 aliphatic rings. The van der Waals surface area contributed by atoms with Gasteiger partial charge in [-0.25, -0.2) is 13.4 Å². The summed E-state index contributed by atoms with van der Waals surface area (Å²) in [5.74, 6) is 0. The molecule has 168 valence electrons. The van der Waals surface area contributed by atoms with Gasteiger partial charge in [0.15, 0.2) is 14.9 Å². The van der Waals surface area contributed by atoms with Gasteiger partial charge >= 0.3 is 6.18 Å². The molecule has 0 spiro atoms. The molecule has 0 atom stereocenters. The van der Waals surface area contributed by atoms with Crippen molar-refractivity contribution in [2.24, 2.45) is 0 Å². The van der Waals surface area contributed by atoms with Crippen LogP contribution in [0.4, 0.5) is 18.9 Å². The predicted octanol–water partition coefficient (Wildman–Crippen LogP) is 6.21. The van der Waals surface area contributed by atoms with Crippen molar-refractivity contribution in [3.63, 3.8) is 0 Å². The highest BCUT2D eigenvalue weighted by Crippen LogP contribution is 2.35. The second kappa shape index (κ2) is 9.05. The van der Waals surface area contributed by atoms with Gasteiger partial charge in [0.2, 0.25) is 0 Å². The minimum absolute atomic E-state index is 0.0300. The topological polar surface area (TPSA) is 82.9 Å². The van der Waals surface area contributed by atoms with Crippen LogP contribution in [-0.2, 0) is 9.84 Å². The molecule has 3 rings (SSSR count). The van der Waals surface area contributed by atoms with Crippen molar-refractivity contribution in [3.8, 4) is 10.4 Å². The lowest BCUT2D eigenvalue weighted by Gasteiger charge is -2.13. The van der Waals surface area contributed by atoms with Crippen LogP contribution >= 0.6 is 22.9 Å². The molecule has 3 aromatic rings. The van der Waals surface area contributed by atoms with Crippen molar-refractivity contribution < 1.29 is 21.6 Å². The van der Waals surface area contributed by atoms with Crippen LogP contribution in [0.1, 0.15) is 10.4 Å². The highest BCUT2D eigenvalue weighted by Gasteiger charge is 2.33. The quantitative estimate of drug-likeness (QED) is 0.395. The second-order valence-electron chi connectivity index (χ2n) is 6.86. The number of hydrogen-bond acceptors (Lipinski definition) is 6. The Bertz CT molecular complexity index is 1320. The average molecular weight is 500 g/mol. The van der Waals surface area contributed by atoms with E-state index in [1.807, 2.05) is 0 Å². The van der Waals surface area contributed by atoms with E-state index in [-0.39, 0.29) is 10.7 Å². The van der Waals surface area contributed by atoms with Gasteiger partial charge in [0, 0.05) is 22.9 Å². The van der Waals surface area contributed by atoms with Crippen molar-refractivity contribution >= 4 is 49.9 Å². The highest BCUT2D eigenvalue weighted by molar-refractivity contribution is 7.90. The van der Waals surface area contributed by atoms with E-state index in [9.17, 15) is 21.6 Å². The Labute approximate surface area is 192 Å². The smallest absolute Gasteiger partial charge is 0.353 e. The summed E-state index contributed by atoms with van der Waals surface area (Å²) in [6, 6.07) is 11.5. The lowest BCUT2D eigenvalue weighted by molar-refractivity contribution is -0.0583. The Hall–Kier alpha value is -2.69. The molecule has 0 saturated carbocycles. The molecule has 1 aromatic carbocycles. The van der Waals surface area contributed by atoms with Crippen LogP contribution in [-0.4, -0.2) is 31.5 Å². The van der Waals surface area contributed by atoms with Crippen LogP contribution in [0.2, 0.25) is 5.02 Å². The summed E-state index contributed by atoms with van der Waals surface area (Å²) in [6.07, 6.45) is -1.63. The van der Waals surface area contributed by atoms with Crippen LogP contribution < -0.4 is 5.32 Å². The van der Waals surface area contributed by atoms with Crippen molar-refractivity contribution in [2.45, 2.75) is 18.1 Å². The molecule has 0 saturated heterocycles. The molecule has 2 heterocycles. The molecule has 0 unspecified atom stereocenters. The Balaban J connectivity index is 2.02. The normalized spacial score (nSPS) is 12.6. The third-order valence-corrected chi connectivity index (χ3v) is 6.90. The standard InChI is InChI=1S/C21H17ClF3N3O2S2/c1-12-9-13(11-27-20(12)32(2,29)30)17-7-8-18(31-17)16(10-19(26)21(23,24)25)28-15-6-4-3-5-14(15)22/h3-11,26,28H,1-2H3/b16-10-,26-19?.